The highest BCUT2D eigenvalue weighted by Crippen LogP contribution is 2.16. The smallest absolute Gasteiger partial charge is 0.240 e. The number of aromatic nitrogens is 2. The van der Waals surface area contributed by atoms with Crippen LogP contribution in [0.2, 0.25) is 0 Å². The van der Waals surface area contributed by atoms with E-state index < -0.39 is 0 Å². The van der Waals surface area contributed by atoms with Gasteiger partial charge >= 0.3 is 0 Å². The molecule has 30 heavy (non-hydrogen) atoms. The number of hydrogen-bond donors (Lipinski definition) is 4. The molecular weight excluding hydrogens is 380 g/mol. The standard InChI is InChI=1S/C22H20N6O2/c29-21(27-25-13-15-11-23-19-7-3-1-5-17(15)19)9-10-22(30)28-26-14-16-12-24-20-8-4-2-6-18(16)20/h1-8,11-14,23-24H,9-10H2,(H,27,29)(H,28,30)/b25-13-,26-14-. The number of hydrogen-bond acceptors (Lipinski definition) is 4. The molecule has 150 valence electrons. The van der Waals surface area contributed by atoms with Crippen LogP contribution in [-0.4, -0.2) is 34.2 Å². The lowest BCUT2D eigenvalue weighted by molar-refractivity contribution is -0.126. The highest BCUT2D eigenvalue weighted by molar-refractivity contribution is 6.00. The summed E-state index contributed by atoms with van der Waals surface area (Å²) >= 11 is 0. The van der Waals surface area contributed by atoms with Gasteiger partial charge in [0.1, 0.15) is 0 Å². The van der Waals surface area contributed by atoms with Crippen LogP contribution < -0.4 is 10.9 Å². The van der Waals surface area contributed by atoms with Crippen molar-refractivity contribution in [1.82, 2.24) is 20.8 Å². The summed E-state index contributed by atoms with van der Waals surface area (Å²) in [4.78, 5) is 30.0. The highest BCUT2D eigenvalue weighted by atomic mass is 16.2. The zero-order chi connectivity index (χ0) is 20.8. The Kier molecular flexibility index (Phi) is 5.66. The summed E-state index contributed by atoms with van der Waals surface area (Å²) in [5.74, 6) is -0.691. The third kappa shape index (κ3) is 4.44. The molecule has 0 saturated heterocycles. The van der Waals surface area contributed by atoms with Gasteiger partial charge in [-0.3, -0.25) is 9.59 Å². The van der Waals surface area contributed by atoms with Crippen molar-refractivity contribution < 1.29 is 9.59 Å². The van der Waals surface area contributed by atoms with Crippen molar-refractivity contribution in [2.45, 2.75) is 12.8 Å². The molecule has 8 heteroatoms. The van der Waals surface area contributed by atoms with Gasteiger partial charge in [0.2, 0.25) is 11.8 Å². The quantitative estimate of drug-likeness (QED) is 0.282. The number of rotatable bonds is 7. The minimum absolute atomic E-state index is 0.0136. The number of hydrazone groups is 2. The van der Waals surface area contributed by atoms with Gasteiger partial charge in [0.15, 0.2) is 0 Å². The molecule has 0 saturated carbocycles. The SMILES string of the molecule is O=C(CCC(=O)N/N=C\c1c[nH]c2ccccc12)N/N=C\c1c[nH]c2ccccc12. The molecule has 4 N–H and O–H groups in total. The summed E-state index contributed by atoms with van der Waals surface area (Å²) in [6.07, 6.45) is 6.81. The molecule has 0 aliphatic carbocycles. The molecule has 0 aliphatic rings. The maximum absolute atomic E-state index is 11.9. The first-order valence-electron chi connectivity index (χ1n) is 9.47. The fraction of sp³-hybridized carbons (Fsp3) is 0.0909. The van der Waals surface area contributed by atoms with Gasteiger partial charge in [0, 0.05) is 58.2 Å². The zero-order valence-corrected chi connectivity index (χ0v) is 16.1. The summed E-state index contributed by atoms with van der Waals surface area (Å²) in [6, 6.07) is 15.6. The summed E-state index contributed by atoms with van der Waals surface area (Å²) in [7, 11) is 0. The number of carbonyl (C=O) groups excluding carboxylic acids is 2. The van der Waals surface area contributed by atoms with Crippen LogP contribution in [0.1, 0.15) is 24.0 Å². The van der Waals surface area contributed by atoms with Gasteiger partial charge in [-0.25, -0.2) is 10.9 Å². The molecule has 2 heterocycles. The van der Waals surface area contributed by atoms with Crippen LogP contribution in [0.5, 0.6) is 0 Å². The van der Waals surface area contributed by atoms with Crippen LogP contribution in [0.15, 0.2) is 71.1 Å². The predicted molar refractivity (Wildman–Crippen MR) is 117 cm³/mol. The molecule has 0 spiro atoms. The lowest BCUT2D eigenvalue weighted by Gasteiger charge is -2.00. The Bertz CT molecular complexity index is 1150. The van der Waals surface area contributed by atoms with Gasteiger partial charge in [-0.2, -0.15) is 10.2 Å². The van der Waals surface area contributed by atoms with Gasteiger partial charge in [0.25, 0.3) is 0 Å². The van der Waals surface area contributed by atoms with E-state index in [0.29, 0.717) is 0 Å². The largest absolute Gasteiger partial charge is 0.361 e. The van der Waals surface area contributed by atoms with Crippen LogP contribution in [0.25, 0.3) is 21.8 Å². The second-order valence-electron chi connectivity index (χ2n) is 6.67. The minimum atomic E-state index is -0.346. The van der Waals surface area contributed by atoms with Gasteiger partial charge < -0.3 is 9.97 Å². The first kappa shape index (κ1) is 19.1. The molecule has 0 bridgehead atoms. The van der Waals surface area contributed by atoms with Crippen molar-refractivity contribution in [1.29, 1.82) is 0 Å². The minimum Gasteiger partial charge on any atom is -0.361 e. The van der Waals surface area contributed by atoms with Gasteiger partial charge in [0.05, 0.1) is 12.4 Å². The van der Waals surface area contributed by atoms with Crippen LogP contribution in [0.4, 0.5) is 0 Å². The number of carbonyl (C=O) groups is 2. The monoisotopic (exact) mass is 400 g/mol. The summed E-state index contributed by atoms with van der Waals surface area (Å²) in [5, 5.41) is 9.95. The summed E-state index contributed by atoms with van der Waals surface area (Å²) in [5.41, 5.74) is 8.60. The first-order valence-corrected chi connectivity index (χ1v) is 9.47. The molecule has 8 nitrogen and oxygen atoms in total. The number of nitrogens with zero attached hydrogens (tertiary/aromatic N) is 2. The zero-order valence-electron chi connectivity index (χ0n) is 16.1. The molecule has 2 aromatic carbocycles. The Balaban J connectivity index is 1.22. The lowest BCUT2D eigenvalue weighted by Crippen LogP contribution is -2.22. The number of aromatic amines is 2. The maximum atomic E-state index is 11.9. The van der Waals surface area contributed by atoms with Crippen molar-refractivity contribution in [3.63, 3.8) is 0 Å². The van der Waals surface area contributed by atoms with Crippen LogP contribution in [0, 0.1) is 0 Å². The second-order valence-corrected chi connectivity index (χ2v) is 6.67. The second kappa shape index (κ2) is 8.87. The normalized spacial score (nSPS) is 11.6. The van der Waals surface area contributed by atoms with Gasteiger partial charge in [-0.15, -0.1) is 0 Å². The number of amides is 2. The molecule has 0 fully saturated rings. The average molecular weight is 400 g/mol. The number of H-pyrrole nitrogens is 2. The van der Waals surface area contributed by atoms with E-state index in [9.17, 15) is 9.59 Å². The number of nitrogens with one attached hydrogen (secondary N) is 4. The van der Waals surface area contributed by atoms with Crippen molar-refractivity contribution in [3.8, 4) is 0 Å². The van der Waals surface area contributed by atoms with E-state index in [4.69, 9.17) is 0 Å². The van der Waals surface area contributed by atoms with Crippen LogP contribution in [0.3, 0.4) is 0 Å². The van der Waals surface area contributed by atoms with Crippen molar-refractivity contribution in [2.75, 3.05) is 0 Å². The molecule has 0 unspecified atom stereocenters. The van der Waals surface area contributed by atoms with Crippen LogP contribution in [-0.2, 0) is 9.59 Å². The summed E-state index contributed by atoms with van der Waals surface area (Å²) < 4.78 is 0. The van der Waals surface area contributed by atoms with E-state index in [0.717, 1.165) is 32.9 Å². The molecule has 0 atom stereocenters. The molecule has 2 amide bonds. The average Bonchev–Trinajstić information content (AvgIpc) is 3.37. The lowest BCUT2D eigenvalue weighted by atomic mass is 10.2. The van der Waals surface area contributed by atoms with Crippen molar-refractivity contribution >= 4 is 46.0 Å². The van der Waals surface area contributed by atoms with Gasteiger partial charge in [-0.1, -0.05) is 36.4 Å². The van der Waals surface area contributed by atoms with E-state index in [-0.39, 0.29) is 24.7 Å². The third-order valence-corrected chi connectivity index (χ3v) is 4.61. The Labute approximate surface area is 172 Å². The van der Waals surface area contributed by atoms with E-state index in [1.165, 1.54) is 0 Å². The molecule has 0 radical (unpaired) electrons. The highest BCUT2D eigenvalue weighted by Gasteiger charge is 2.06. The number of fused-ring (bicyclic) bond motifs is 2. The Morgan fingerprint density at radius 2 is 1.17 bits per heavy atom. The van der Waals surface area contributed by atoms with E-state index in [1.54, 1.807) is 12.4 Å². The van der Waals surface area contributed by atoms with Crippen molar-refractivity contribution in [2.24, 2.45) is 10.2 Å². The fourth-order valence-electron chi connectivity index (χ4n) is 3.09. The maximum Gasteiger partial charge on any atom is 0.240 e. The summed E-state index contributed by atoms with van der Waals surface area (Å²) in [6.45, 7) is 0. The third-order valence-electron chi connectivity index (χ3n) is 4.61. The first-order chi connectivity index (χ1) is 14.7. The Morgan fingerprint density at radius 1 is 0.733 bits per heavy atom. The molecule has 4 rings (SSSR count). The predicted octanol–water partition coefficient (Wildman–Crippen LogP) is 3.03. The van der Waals surface area contributed by atoms with E-state index >= 15 is 0 Å². The van der Waals surface area contributed by atoms with Gasteiger partial charge in [-0.05, 0) is 12.1 Å². The molecule has 4 aromatic rings. The van der Waals surface area contributed by atoms with E-state index in [2.05, 4.69) is 31.0 Å². The van der Waals surface area contributed by atoms with Crippen LogP contribution >= 0.6 is 0 Å². The fourth-order valence-corrected chi connectivity index (χ4v) is 3.09. The molecule has 2 aromatic heterocycles. The number of benzene rings is 2. The molecule has 0 aliphatic heterocycles. The Morgan fingerprint density at radius 3 is 1.63 bits per heavy atom. The number of para-hydroxylation sites is 2. The topological polar surface area (TPSA) is 114 Å². The Hall–Kier alpha value is -4.20. The van der Waals surface area contributed by atoms with E-state index in [1.807, 2.05) is 60.9 Å². The van der Waals surface area contributed by atoms with Crippen molar-refractivity contribution in [3.05, 3.63) is 72.1 Å². The molecular formula is C22H20N6O2.